The van der Waals surface area contributed by atoms with Crippen molar-refractivity contribution < 1.29 is 4.79 Å². The molecule has 24 heavy (non-hydrogen) atoms. The number of piperazine rings is 1. The zero-order chi connectivity index (χ0) is 17.1. The molecule has 126 valence electrons. The normalized spacial score (nSPS) is 16.9. The predicted molar refractivity (Wildman–Crippen MR) is 96.6 cm³/mol. The summed E-state index contributed by atoms with van der Waals surface area (Å²) in [6.45, 7) is 5.18. The van der Waals surface area contributed by atoms with Crippen molar-refractivity contribution in [3.8, 4) is 0 Å². The Balaban J connectivity index is 1.64. The summed E-state index contributed by atoms with van der Waals surface area (Å²) in [6, 6.07) is 12.3. The van der Waals surface area contributed by atoms with Crippen LogP contribution in [0.2, 0.25) is 10.2 Å². The lowest BCUT2D eigenvalue weighted by atomic mass is 10.1. The van der Waals surface area contributed by atoms with Gasteiger partial charge in [0.2, 0.25) is 0 Å². The number of amides is 1. The number of hydrogen-bond donors (Lipinski definition) is 0. The van der Waals surface area contributed by atoms with Crippen molar-refractivity contribution in [2.24, 2.45) is 0 Å². The minimum Gasteiger partial charge on any atom is -0.336 e. The number of hydrogen-bond acceptors (Lipinski definition) is 3. The topological polar surface area (TPSA) is 36.4 Å². The Labute approximate surface area is 152 Å². The molecule has 1 aromatic carbocycles. The van der Waals surface area contributed by atoms with Gasteiger partial charge in [0.15, 0.2) is 0 Å². The quantitative estimate of drug-likeness (QED) is 0.775. The monoisotopic (exact) mass is 363 g/mol. The number of rotatable bonds is 3. The number of pyridine rings is 1. The molecule has 4 nitrogen and oxygen atoms in total. The van der Waals surface area contributed by atoms with Gasteiger partial charge in [0.25, 0.3) is 5.91 Å². The molecule has 3 rings (SSSR count). The molecule has 2 aromatic rings. The highest BCUT2D eigenvalue weighted by atomic mass is 35.5. The Morgan fingerprint density at radius 2 is 1.79 bits per heavy atom. The van der Waals surface area contributed by atoms with E-state index in [4.69, 9.17) is 23.2 Å². The summed E-state index contributed by atoms with van der Waals surface area (Å²) in [4.78, 5) is 20.8. The maximum absolute atomic E-state index is 12.6. The molecule has 1 atom stereocenters. The van der Waals surface area contributed by atoms with Gasteiger partial charge in [-0.25, -0.2) is 4.98 Å². The average molecular weight is 364 g/mol. The van der Waals surface area contributed by atoms with Crippen LogP contribution in [-0.2, 0) is 0 Å². The third-order valence-electron chi connectivity index (χ3n) is 4.47. The molecule has 0 N–H and O–H groups in total. The van der Waals surface area contributed by atoms with Crippen LogP contribution in [0.1, 0.15) is 28.9 Å². The van der Waals surface area contributed by atoms with Crippen LogP contribution in [0, 0.1) is 0 Å². The maximum Gasteiger partial charge on any atom is 0.257 e. The number of carbonyl (C=O) groups is 1. The first-order valence-electron chi connectivity index (χ1n) is 7.95. The van der Waals surface area contributed by atoms with Gasteiger partial charge in [0.05, 0.1) is 10.6 Å². The summed E-state index contributed by atoms with van der Waals surface area (Å²) in [7, 11) is 0. The zero-order valence-corrected chi connectivity index (χ0v) is 15.0. The molecule has 0 bridgehead atoms. The number of halogens is 2. The second-order valence-electron chi connectivity index (χ2n) is 5.91. The van der Waals surface area contributed by atoms with Gasteiger partial charge in [-0.1, -0.05) is 53.5 Å². The third-order valence-corrected chi connectivity index (χ3v) is 4.98. The van der Waals surface area contributed by atoms with Crippen LogP contribution in [0.4, 0.5) is 0 Å². The Hall–Kier alpha value is -1.62. The molecule has 0 aliphatic carbocycles. The zero-order valence-electron chi connectivity index (χ0n) is 13.5. The fourth-order valence-electron chi connectivity index (χ4n) is 3.00. The second-order valence-corrected chi connectivity index (χ2v) is 6.70. The van der Waals surface area contributed by atoms with Gasteiger partial charge in [-0.05, 0) is 18.6 Å². The van der Waals surface area contributed by atoms with Gasteiger partial charge >= 0.3 is 0 Å². The molecular weight excluding hydrogens is 345 g/mol. The van der Waals surface area contributed by atoms with E-state index in [2.05, 4.69) is 41.1 Å². The van der Waals surface area contributed by atoms with Crippen LogP contribution >= 0.6 is 23.2 Å². The number of benzene rings is 1. The van der Waals surface area contributed by atoms with Gasteiger partial charge in [0.1, 0.15) is 5.15 Å². The van der Waals surface area contributed by atoms with Crippen molar-refractivity contribution in [3.05, 3.63) is 63.9 Å². The van der Waals surface area contributed by atoms with Crippen molar-refractivity contribution in [1.82, 2.24) is 14.8 Å². The van der Waals surface area contributed by atoms with E-state index in [1.165, 1.54) is 11.8 Å². The van der Waals surface area contributed by atoms with E-state index in [1.807, 2.05) is 11.0 Å². The van der Waals surface area contributed by atoms with Crippen LogP contribution in [0.25, 0.3) is 0 Å². The van der Waals surface area contributed by atoms with Crippen molar-refractivity contribution in [3.63, 3.8) is 0 Å². The summed E-state index contributed by atoms with van der Waals surface area (Å²) in [6.07, 6.45) is 1.44. The Morgan fingerprint density at radius 1 is 1.12 bits per heavy atom. The molecule has 1 amide bonds. The molecule has 1 fully saturated rings. The first-order chi connectivity index (χ1) is 11.6. The lowest BCUT2D eigenvalue weighted by Crippen LogP contribution is -2.49. The van der Waals surface area contributed by atoms with Gasteiger partial charge in [-0.2, -0.15) is 0 Å². The van der Waals surface area contributed by atoms with Crippen LogP contribution in [-0.4, -0.2) is 46.9 Å². The Kier molecular flexibility index (Phi) is 5.39. The summed E-state index contributed by atoms with van der Waals surface area (Å²) >= 11 is 12.0. The minimum absolute atomic E-state index is 0.109. The smallest absolute Gasteiger partial charge is 0.257 e. The molecule has 1 aliphatic heterocycles. The molecule has 0 spiro atoms. The lowest BCUT2D eigenvalue weighted by Gasteiger charge is -2.38. The predicted octanol–water partition coefficient (Wildman–Crippen LogP) is 3.91. The van der Waals surface area contributed by atoms with Crippen molar-refractivity contribution in [2.45, 2.75) is 13.0 Å². The van der Waals surface area contributed by atoms with Gasteiger partial charge in [-0.3, -0.25) is 9.69 Å². The summed E-state index contributed by atoms with van der Waals surface area (Å²) in [5.41, 5.74) is 1.66. The molecule has 1 unspecified atom stereocenters. The van der Waals surface area contributed by atoms with Crippen LogP contribution in [0.3, 0.4) is 0 Å². The Bertz CT molecular complexity index is 715. The second kappa shape index (κ2) is 7.51. The minimum atomic E-state index is -0.109. The first kappa shape index (κ1) is 17.2. The third kappa shape index (κ3) is 3.72. The molecule has 0 saturated carbocycles. The molecule has 1 saturated heterocycles. The highest BCUT2D eigenvalue weighted by Gasteiger charge is 2.26. The summed E-state index contributed by atoms with van der Waals surface area (Å²) in [5.74, 6) is -0.109. The van der Waals surface area contributed by atoms with E-state index in [-0.39, 0.29) is 11.1 Å². The van der Waals surface area contributed by atoms with Crippen molar-refractivity contribution in [2.75, 3.05) is 26.2 Å². The van der Waals surface area contributed by atoms with Crippen molar-refractivity contribution >= 4 is 29.1 Å². The molecule has 6 heteroatoms. The fourth-order valence-corrected chi connectivity index (χ4v) is 3.34. The summed E-state index contributed by atoms with van der Waals surface area (Å²) < 4.78 is 0. The van der Waals surface area contributed by atoms with Gasteiger partial charge < -0.3 is 4.90 Å². The van der Waals surface area contributed by atoms with E-state index in [9.17, 15) is 4.79 Å². The van der Waals surface area contributed by atoms with E-state index in [1.54, 1.807) is 6.07 Å². The number of nitrogens with zero attached hydrogens (tertiary/aromatic N) is 3. The molecule has 1 aliphatic rings. The van der Waals surface area contributed by atoms with Crippen LogP contribution < -0.4 is 0 Å². The van der Waals surface area contributed by atoms with E-state index < -0.39 is 0 Å². The van der Waals surface area contributed by atoms with Gasteiger partial charge in [-0.15, -0.1) is 0 Å². The lowest BCUT2D eigenvalue weighted by molar-refractivity contribution is 0.0582. The van der Waals surface area contributed by atoms with E-state index >= 15 is 0 Å². The molecule has 0 radical (unpaired) electrons. The Morgan fingerprint density at radius 3 is 2.46 bits per heavy atom. The van der Waals surface area contributed by atoms with Crippen LogP contribution in [0.15, 0.2) is 42.6 Å². The SMILES string of the molecule is CC(c1ccccc1)N1CCN(C(=O)c2cc(Cl)cnc2Cl)CC1. The maximum atomic E-state index is 12.6. The standard InChI is InChI=1S/C18H19Cl2N3O/c1-13(14-5-3-2-4-6-14)22-7-9-23(10-8-22)18(24)16-11-15(19)12-21-17(16)20/h2-6,11-13H,7-10H2,1H3. The first-order valence-corrected chi connectivity index (χ1v) is 8.71. The molecule has 1 aromatic heterocycles. The van der Waals surface area contributed by atoms with Gasteiger partial charge in [0, 0.05) is 38.4 Å². The number of aromatic nitrogens is 1. The van der Waals surface area contributed by atoms with E-state index in [0.717, 1.165) is 13.1 Å². The molecular formula is C18H19Cl2N3O. The highest BCUT2D eigenvalue weighted by molar-refractivity contribution is 6.34. The fraction of sp³-hybridized carbons (Fsp3) is 0.333. The van der Waals surface area contributed by atoms with Crippen molar-refractivity contribution in [1.29, 1.82) is 0 Å². The number of carbonyl (C=O) groups excluding carboxylic acids is 1. The van der Waals surface area contributed by atoms with E-state index in [0.29, 0.717) is 29.7 Å². The van der Waals surface area contributed by atoms with Crippen LogP contribution in [0.5, 0.6) is 0 Å². The summed E-state index contributed by atoms with van der Waals surface area (Å²) in [5, 5.41) is 0.614. The molecule has 2 heterocycles. The largest absolute Gasteiger partial charge is 0.336 e. The highest BCUT2D eigenvalue weighted by Crippen LogP contribution is 2.23. The average Bonchev–Trinajstić information content (AvgIpc) is 2.63.